The van der Waals surface area contributed by atoms with Gasteiger partial charge in [-0.25, -0.2) is 0 Å². The number of halogens is 2. The van der Waals surface area contributed by atoms with E-state index in [1.54, 1.807) is 24.3 Å². The van der Waals surface area contributed by atoms with Crippen molar-refractivity contribution in [2.45, 2.75) is 25.8 Å². The lowest BCUT2D eigenvalue weighted by atomic mass is 9.92. The summed E-state index contributed by atoms with van der Waals surface area (Å²) < 4.78 is 5.49. The van der Waals surface area contributed by atoms with Crippen LogP contribution in [-0.2, 0) is 4.79 Å². The lowest BCUT2D eigenvalue weighted by molar-refractivity contribution is -0.135. The molecule has 2 atom stereocenters. The molecule has 1 aliphatic rings. The first-order valence-electron chi connectivity index (χ1n) is 6.98. The zero-order valence-corrected chi connectivity index (χ0v) is 13.7. The summed E-state index contributed by atoms with van der Waals surface area (Å²) in [6.45, 7) is 3.60. The highest BCUT2D eigenvalue weighted by molar-refractivity contribution is 6.30. The van der Waals surface area contributed by atoms with Crippen molar-refractivity contribution in [3.05, 3.63) is 29.3 Å². The SMILES string of the molecule is CC(N)C1CCCN(C(=O)COc2ccc(Cl)cc2)C1.Cl. The molecule has 21 heavy (non-hydrogen) atoms. The van der Waals surface area contributed by atoms with Gasteiger partial charge in [-0.2, -0.15) is 0 Å². The number of hydrogen-bond donors (Lipinski definition) is 1. The number of ether oxygens (including phenoxy) is 1. The first-order chi connectivity index (χ1) is 9.56. The Morgan fingerprint density at radius 3 is 2.76 bits per heavy atom. The van der Waals surface area contributed by atoms with E-state index in [2.05, 4.69) is 0 Å². The predicted molar refractivity (Wildman–Crippen MR) is 87.1 cm³/mol. The molecular weight excluding hydrogens is 311 g/mol. The quantitative estimate of drug-likeness (QED) is 0.922. The van der Waals surface area contributed by atoms with Crippen LogP contribution in [0.15, 0.2) is 24.3 Å². The van der Waals surface area contributed by atoms with Crippen molar-refractivity contribution in [3.8, 4) is 5.75 Å². The van der Waals surface area contributed by atoms with Crippen molar-refractivity contribution in [2.75, 3.05) is 19.7 Å². The normalized spacial score (nSPS) is 19.6. The van der Waals surface area contributed by atoms with Gasteiger partial charge in [-0.1, -0.05) is 11.6 Å². The van der Waals surface area contributed by atoms with Gasteiger partial charge in [-0.15, -0.1) is 12.4 Å². The van der Waals surface area contributed by atoms with Crippen LogP contribution >= 0.6 is 24.0 Å². The minimum Gasteiger partial charge on any atom is -0.484 e. The highest BCUT2D eigenvalue weighted by Crippen LogP contribution is 2.19. The van der Waals surface area contributed by atoms with E-state index in [0.717, 1.165) is 25.9 Å². The molecule has 0 aliphatic carbocycles. The average molecular weight is 333 g/mol. The molecule has 0 spiro atoms. The van der Waals surface area contributed by atoms with Crippen LogP contribution in [0.4, 0.5) is 0 Å². The molecule has 1 aromatic rings. The zero-order chi connectivity index (χ0) is 14.5. The van der Waals surface area contributed by atoms with Crippen LogP contribution in [0.5, 0.6) is 5.75 Å². The lowest BCUT2D eigenvalue weighted by Gasteiger charge is -2.34. The Hall–Kier alpha value is -0.970. The molecule has 1 aromatic carbocycles. The highest BCUT2D eigenvalue weighted by Gasteiger charge is 2.25. The second kappa shape index (κ2) is 8.47. The Labute approximate surface area is 137 Å². The molecule has 0 bridgehead atoms. The third-order valence-corrected chi connectivity index (χ3v) is 3.98. The number of nitrogens with zero attached hydrogens (tertiary/aromatic N) is 1. The molecule has 118 valence electrons. The molecule has 0 radical (unpaired) electrons. The van der Waals surface area contributed by atoms with Crippen molar-refractivity contribution < 1.29 is 9.53 Å². The van der Waals surface area contributed by atoms with Gasteiger partial charge in [0.05, 0.1) is 0 Å². The Kier molecular flexibility index (Phi) is 7.29. The van der Waals surface area contributed by atoms with Gasteiger partial charge in [0.15, 0.2) is 6.61 Å². The largest absolute Gasteiger partial charge is 0.484 e. The molecule has 0 saturated carbocycles. The topological polar surface area (TPSA) is 55.6 Å². The van der Waals surface area contributed by atoms with Crippen LogP contribution in [0.3, 0.4) is 0 Å². The second-order valence-corrected chi connectivity index (χ2v) is 5.78. The fourth-order valence-electron chi connectivity index (χ4n) is 2.43. The Morgan fingerprint density at radius 2 is 2.14 bits per heavy atom. The standard InChI is InChI=1S/C15H21ClN2O2.ClH/c1-11(17)12-3-2-8-18(9-12)15(19)10-20-14-6-4-13(16)5-7-14;/h4-7,11-12H,2-3,8-10,17H2,1H3;1H. The molecule has 0 aromatic heterocycles. The van der Waals surface area contributed by atoms with Crippen LogP contribution < -0.4 is 10.5 Å². The molecule has 2 unspecified atom stereocenters. The predicted octanol–water partition coefficient (Wildman–Crippen LogP) is 2.73. The number of benzene rings is 1. The summed E-state index contributed by atoms with van der Waals surface area (Å²) in [6.07, 6.45) is 2.11. The van der Waals surface area contributed by atoms with Crippen LogP contribution in [-0.4, -0.2) is 36.5 Å². The van der Waals surface area contributed by atoms with Gasteiger partial charge in [-0.05, 0) is 49.9 Å². The van der Waals surface area contributed by atoms with Crippen LogP contribution in [0.1, 0.15) is 19.8 Å². The van der Waals surface area contributed by atoms with Crippen LogP contribution in [0.2, 0.25) is 5.02 Å². The van der Waals surface area contributed by atoms with Crippen LogP contribution in [0, 0.1) is 5.92 Å². The molecule has 1 aliphatic heterocycles. The minimum absolute atomic E-state index is 0. The molecular formula is C15H22Cl2N2O2. The third kappa shape index (κ3) is 5.38. The van der Waals surface area contributed by atoms with Gasteiger partial charge in [0, 0.05) is 24.2 Å². The summed E-state index contributed by atoms with van der Waals surface area (Å²) in [5.74, 6) is 1.07. The fraction of sp³-hybridized carbons (Fsp3) is 0.533. The van der Waals surface area contributed by atoms with E-state index in [1.807, 2.05) is 11.8 Å². The summed E-state index contributed by atoms with van der Waals surface area (Å²) in [6, 6.07) is 7.14. The number of hydrogen-bond acceptors (Lipinski definition) is 3. The maximum absolute atomic E-state index is 12.1. The van der Waals surface area contributed by atoms with Gasteiger partial charge in [0.25, 0.3) is 5.91 Å². The first-order valence-corrected chi connectivity index (χ1v) is 7.36. The minimum atomic E-state index is 0. The Bertz CT molecular complexity index is 451. The maximum Gasteiger partial charge on any atom is 0.260 e. The van der Waals surface area contributed by atoms with Crippen molar-refractivity contribution in [1.82, 2.24) is 4.90 Å². The van der Waals surface area contributed by atoms with E-state index in [-0.39, 0.29) is 31.0 Å². The number of piperidine rings is 1. The monoisotopic (exact) mass is 332 g/mol. The summed E-state index contributed by atoms with van der Waals surface area (Å²) in [4.78, 5) is 14.0. The van der Waals surface area contributed by atoms with Crippen molar-refractivity contribution in [2.24, 2.45) is 11.7 Å². The van der Waals surface area contributed by atoms with E-state index in [0.29, 0.717) is 16.7 Å². The summed E-state index contributed by atoms with van der Waals surface area (Å²) in [5.41, 5.74) is 5.93. The summed E-state index contributed by atoms with van der Waals surface area (Å²) in [5, 5.41) is 0.652. The zero-order valence-electron chi connectivity index (χ0n) is 12.1. The van der Waals surface area contributed by atoms with Gasteiger partial charge in [-0.3, -0.25) is 4.79 Å². The third-order valence-electron chi connectivity index (χ3n) is 3.73. The van der Waals surface area contributed by atoms with Gasteiger partial charge in [0.1, 0.15) is 5.75 Å². The van der Waals surface area contributed by atoms with E-state index in [9.17, 15) is 4.79 Å². The molecule has 6 heteroatoms. The van der Waals surface area contributed by atoms with Crippen molar-refractivity contribution in [3.63, 3.8) is 0 Å². The molecule has 1 amide bonds. The second-order valence-electron chi connectivity index (χ2n) is 5.34. The number of amides is 1. The number of carbonyl (C=O) groups excluding carboxylic acids is 1. The van der Waals surface area contributed by atoms with Crippen molar-refractivity contribution in [1.29, 1.82) is 0 Å². The van der Waals surface area contributed by atoms with E-state index >= 15 is 0 Å². The molecule has 2 rings (SSSR count). The number of rotatable bonds is 4. The van der Waals surface area contributed by atoms with Gasteiger partial charge < -0.3 is 15.4 Å². The Balaban J connectivity index is 0.00000220. The van der Waals surface area contributed by atoms with E-state index in [4.69, 9.17) is 22.1 Å². The summed E-state index contributed by atoms with van der Waals surface area (Å²) in [7, 11) is 0. The highest BCUT2D eigenvalue weighted by atomic mass is 35.5. The smallest absolute Gasteiger partial charge is 0.260 e. The lowest BCUT2D eigenvalue weighted by Crippen LogP contribution is -2.46. The van der Waals surface area contributed by atoms with E-state index < -0.39 is 0 Å². The number of carbonyl (C=O) groups is 1. The fourth-order valence-corrected chi connectivity index (χ4v) is 2.56. The number of likely N-dealkylation sites (tertiary alicyclic amines) is 1. The number of nitrogens with two attached hydrogens (primary N) is 1. The summed E-state index contributed by atoms with van der Waals surface area (Å²) >= 11 is 5.80. The van der Waals surface area contributed by atoms with Gasteiger partial charge >= 0.3 is 0 Å². The molecule has 1 saturated heterocycles. The van der Waals surface area contributed by atoms with Crippen molar-refractivity contribution >= 4 is 29.9 Å². The molecule has 1 heterocycles. The van der Waals surface area contributed by atoms with Gasteiger partial charge in [0.2, 0.25) is 0 Å². The maximum atomic E-state index is 12.1. The average Bonchev–Trinajstić information content (AvgIpc) is 2.46. The van der Waals surface area contributed by atoms with Crippen LogP contribution in [0.25, 0.3) is 0 Å². The molecule has 2 N–H and O–H groups in total. The molecule has 1 fully saturated rings. The van der Waals surface area contributed by atoms with E-state index in [1.165, 1.54) is 0 Å². The first kappa shape index (κ1) is 18.1. The Morgan fingerprint density at radius 1 is 1.48 bits per heavy atom. The molecule has 4 nitrogen and oxygen atoms in total.